The third kappa shape index (κ3) is 4.99. The fraction of sp³-hybridized carbons (Fsp3) is 0.250. The highest BCUT2D eigenvalue weighted by atomic mass is 35.5. The lowest BCUT2D eigenvalue weighted by Crippen LogP contribution is -2.50. The van der Waals surface area contributed by atoms with Gasteiger partial charge in [-0.25, -0.2) is 0 Å². The average Bonchev–Trinajstić information content (AvgIpc) is 2.77. The molecule has 30 heavy (non-hydrogen) atoms. The van der Waals surface area contributed by atoms with E-state index in [-0.39, 0.29) is 18.4 Å². The molecule has 1 saturated heterocycles. The molecular formula is C24H24ClN3O2. The highest BCUT2D eigenvalue weighted by molar-refractivity contribution is 6.30. The topological polar surface area (TPSA) is 52.7 Å². The van der Waals surface area contributed by atoms with E-state index >= 15 is 0 Å². The third-order valence-corrected chi connectivity index (χ3v) is 5.67. The van der Waals surface area contributed by atoms with Crippen molar-refractivity contribution in [2.45, 2.75) is 6.54 Å². The zero-order valence-corrected chi connectivity index (χ0v) is 17.4. The molecule has 0 unspecified atom stereocenters. The summed E-state index contributed by atoms with van der Waals surface area (Å²) in [5, 5.41) is 5.59. The van der Waals surface area contributed by atoms with Crippen LogP contribution in [0.4, 0.5) is 0 Å². The molecule has 1 aliphatic rings. The number of nitrogens with one attached hydrogen (secondary N) is 1. The highest BCUT2D eigenvalue weighted by Crippen LogP contribution is 2.16. The molecule has 0 aliphatic carbocycles. The molecule has 6 heteroatoms. The van der Waals surface area contributed by atoms with Crippen molar-refractivity contribution in [3.05, 3.63) is 82.9 Å². The molecule has 0 bridgehead atoms. The maximum atomic E-state index is 12.5. The summed E-state index contributed by atoms with van der Waals surface area (Å²) in [6, 6.07) is 21.3. The van der Waals surface area contributed by atoms with Gasteiger partial charge in [0.2, 0.25) is 5.91 Å². The monoisotopic (exact) mass is 421 g/mol. The zero-order chi connectivity index (χ0) is 20.9. The summed E-state index contributed by atoms with van der Waals surface area (Å²) < 4.78 is 0. The number of benzene rings is 3. The number of carbonyl (C=O) groups excluding carboxylic acids is 2. The quantitative estimate of drug-likeness (QED) is 0.685. The van der Waals surface area contributed by atoms with E-state index in [0.717, 1.165) is 35.4 Å². The van der Waals surface area contributed by atoms with E-state index in [9.17, 15) is 9.59 Å². The first-order valence-electron chi connectivity index (χ1n) is 10.1. The van der Waals surface area contributed by atoms with Gasteiger partial charge in [-0.2, -0.15) is 0 Å². The Morgan fingerprint density at radius 1 is 0.867 bits per heavy atom. The first kappa shape index (κ1) is 20.4. The number of halogens is 1. The van der Waals surface area contributed by atoms with Crippen LogP contribution in [0.25, 0.3) is 10.8 Å². The fourth-order valence-electron chi connectivity index (χ4n) is 3.75. The molecule has 0 atom stereocenters. The van der Waals surface area contributed by atoms with Crippen LogP contribution in [0.5, 0.6) is 0 Å². The smallest absolute Gasteiger partial charge is 0.251 e. The molecule has 154 valence electrons. The third-order valence-electron chi connectivity index (χ3n) is 5.43. The van der Waals surface area contributed by atoms with Gasteiger partial charge in [0.05, 0.1) is 6.54 Å². The zero-order valence-electron chi connectivity index (χ0n) is 16.7. The van der Waals surface area contributed by atoms with Gasteiger partial charge in [0, 0.05) is 43.3 Å². The van der Waals surface area contributed by atoms with Crippen LogP contribution in [-0.4, -0.2) is 54.3 Å². The lowest BCUT2D eigenvalue weighted by Gasteiger charge is -2.34. The van der Waals surface area contributed by atoms with Crippen molar-refractivity contribution < 1.29 is 9.59 Å². The lowest BCUT2D eigenvalue weighted by atomic mass is 10.1. The van der Waals surface area contributed by atoms with Crippen LogP contribution in [0.1, 0.15) is 15.9 Å². The molecule has 0 spiro atoms. The van der Waals surface area contributed by atoms with Gasteiger partial charge >= 0.3 is 0 Å². The highest BCUT2D eigenvalue weighted by Gasteiger charge is 2.21. The van der Waals surface area contributed by atoms with E-state index in [1.165, 1.54) is 5.56 Å². The maximum absolute atomic E-state index is 12.5. The summed E-state index contributed by atoms with van der Waals surface area (Å²) in [6.45, 7) is 3.76. The summed E-state index contributed by atoms with van der Waals surface area (Å²) in [5.74, 6) is -0.278. The first-order chi connectivity index (χ1) is 14.6. The number of carbonyl (C=O) groups is 2. The molecule has 2 amide bonds. The van der Waals surface area contributed by atoms with Gasteiger partial charge in [0.1, 0.15) is 0 Å². The molecule has 0 radical (unpaired) electrons. The Kier molecular flexibility index (Phi) is 6.31. The Bertz CT molecular complexity index is 1060. The lowest BCUT2D eigenvalue weighted by molar-refractivity contribution is -0.131. The predicted molar refractivity (Wildman–Crippen MR) is 120 cm³/mol. The Hall–Kier alpha value is -2.89. The maximum Gasteiger partial charge on any atom is 0.251 e. The molecule has 0 aromatic heterocycles. The SMILES string of the molecule is O=C(NCC(=O)N1CCN(Cc2cccc(Cl)c2)CC1)c1ccc2ccccc2c1. The van der Waals surface area contributed by atoms with Gasteiger partial charge in [-0.15, -0.1) is 0 Å². The van der Waals surface area contributed by atoms with E-state index < -0.39 is 0 Å². The van der Waals surface area contributed by atoms with E-state index in [0.29, 0.717) is 18.7 Å². The number of nitrogens with zero attached hydrogens (tertiary/aromatic N) is 2. The van der Waals surface area contributed by atoms with Crippen LogP contribution < -0.4 is 5.32 Å². The molecule has 3 aromatic carbocycles. The second-order valence-electron chi connectivity index (χ2n) is 7.53. The first-order valence-corrected chi connectivity index (χ1v) is 10.5. The largest absolute Gasteiger partial charge is 0.343 e. The Morgan fingerprint density at radius 3 is 2.40 bits per heavy atom. The molecule has 3 aromatic rings. The van der Waals surface area contributed by atoms with E-state index in [1.807, 2.05) is 59.5 Å². The summed E-state index contributed by atoms with van der Waals surface area (Å²) in [6.07, 6.45) is 0. The summed E-state index contributed by atoms with van der Waals surface area (Å²) in [4.78, 5) is 29.1. The van der Waals surface area contributed by atoms with Crippen LogP contribution in [0, 0.1) is 0 Å². The average molecular weight is 422 g/mol. The second-order valence-corrected chi connectivity index (χ2v) is 7.97. The summed E-state index contributed by atoms with van der Waals surface area (Å²) in [5.41, 5.74) is 1.73. The minimum Gasteiger partial charge on any atom is -0.343 e. The minimum absolute atomic E-state index is 0.0138. The Morgan fingerprint density at radius 2 is 1.63 bits per heavy atom. The van der Waals surface area contributed by atoms with E-state index in [2.05, 4.69) is 16.3 Å². The van der Waals surface area contributed by atoms with Crippen molar-refractivity contribution in [1.82, 2.24) is 15.1 Å². The number of hydrogen-bond donors (Lipinski definition) is 1. The molecule has 1 N–H and O–H groups in total. The van der Waals surface area contributed by atoms with Crippen LogP contribution in [0.15, 0.2) is 66.7 Å². The van der Waals surface area contributed by atoms with Crippen molar-refractivity contribution >= 4 is 34.2 Å². The van der Waals surface area contributed by atoms with Crippen molar-refractivity contribution in [3.63, 3.8) is 0 Å². The predicted octanol–water partition coefficient (Wildman–Crippen LogP) is 3.57. The molecule has 1 heterocycles. The van der Waals surface area contributed by atoms with Crippen molar-refractivity contribution in [2.75, 3.05) is 32.7 Å². The molecular weight excluding hydrogens is 398 g/mol. The Labute approximate surface area is 181 Å². The van der Waals surface area contributed by atoms with Gasteiger partial charge < -0.3 is 10.2 Å². The minimum atomic E-state index is -0.228. The van der Waals surface area contributed by atoms with Gasteiger partial charge in [0.15, 0.2) is 0 Å². The number of fused-ring (bicyclic) bond motifs is 1. The standard InChI is InChI=1S/C24H24ClN3O2/c25-22-7-3-4-18(14-22)17-27-10-12-28(13-11-27)23(29)16-26-24(30)21-9-8-19-5-1-2-6-20(19)15-21/h1-9,14-15H,10-13,16-17H2,(H,26,30). The molecule has 4 rings (SSSR count). The van der Waals surface area contributed by atoms with E-state index in [1.54, 1.807) is 6.07 Å². The van der Waals surface area contributed by atoms with Gasteiger partial charge in [-0.05, 0) is 40.6 Å². The number of amides is 2. The summed E-state index contributed by atoms with van der Waals surface area (Å²) in [7, 11) is 0. The molecule has 1 aliphatic heterocycles. The summed E-state index contributed by atoms with van der Waals surface area (Å²) >= 11 is 6.05. The Balaban J connectivity index is 1.25. The number of piperazine rings is 1. The number of hydrogen-bond acceptors (Lipinski definition) is 3. The van der Waals surface area contributed by atoms with Gasteiger partial charge in [-0.1, -0.05) is 54.1 Å². The van der Waals surface area contributed by atoms with Gasteiger partial charge in [-0.3, -0.25) is 14.5 Å². The van der Waals surface area contributed by atoms with E-state index in [4.69, 9.17) is 11.6 Å². The van der Waals surface area contributed by atoms with Crippen LogP contribution in [0.2, 0.25) is 5.02 Å². The van der Waals surface area contributed by atoms with Crippen LogP contribution in [-0.2, 0) is 11.3 Å². The van der Waals surface area contributed by atoms with Crippen molar-refractivity contribution in [1.29, 1.82) is 0 Å². The molecule has 1 fully saturated rings. The van der Waals surface area contributed by atoms with Crippen LogP contribution in [0.3, 0.4) is 0 Å². The fourth-order valence-corrected chi connectivity index (χ4v) is 3.96. The van der Waals surface area contributed by atoms with Crippen molar-refractivity contribution in [3.8, 4) is 0 Å². The van der Waals surface area contributed by atoms with Crippen LogP contribution >= 0.6 is 11.6 Å². The van der Waals surface area contributed by atoms with Crippen molar-refractivity contribution in [2.24, 2.45) is 0 Å². The molecule has 5 nitrogen and oxygen atoms in total. The number of rotatable bonds is 5. The van der Waals surface area contributed by atoms with Gasteiger partial charge in [0.25, 0.3) is 5.91 Å². The molecule has 0 saturated carbocycles. The second kappa shape index (κ2) is 9.28. The normalized spacial score (nSPS) is 14.6.